The fourth-order valence-electron chi connectivity index (χ4n) is 1.31. The van der Waals surface area contributed by atoms with Gasteiger partial charge in [0.1, 0.15) is 0 Å². The van der Waals surface area contributed by atoms with Crippen molar-refractivity contribution >= 4 is 5.95 Å². The molecule has 5 heteroatoms. The fourth-order valence-corrected chi connectivity index (χ4v) is 1.31. The van der Waals surface area contributed by atoms with Gasteiger partial charge in [-0.15, -0.1) is 0 Å². The average molecular weight is 216 g/mol. The number of methoxy groups -OCH3 is 1. The van der Waals surface area contributed by atoms with Crippen molar-refractivity contribution in [3.63, 3.8) is 0 Å². The molecule has 2 heterocycles. The number of nitrogen functional groups attached to an aromatic ring is 1. The lowest BCUT2D eigenvalue weighted by molar-refractivity contribution is 0.398. The summed E-state index contributed by atoms with van der Waals surface area (Å²) >= 11 is 0. The maximum Gasteiger partial charge on any atom is 0.223 e. The molecular formula is C11H12N4O. The van der Waals surface area contributed by atoms with E-state index < -0.39 is 0 Å². The van der Waals surface area contributed by atoms with E-state index in [-0.39, 0.29) is 5.95 Å². The molecule has 0 aromatic carbocycles. The monoisotopic (exact) mass is 216 g/mol. The second-order valence-corrected chi connectivity index (χ2v) is 3.34. The summed E-state index contributed by atoms with van der Waals surface area (Å²) < 4.78 is 5.03. The summed E-state index contributed by atoms with van der Waals surface area (Å²) in [7, 11) is 1.54. The smallest absolute Gasteiger partial charge is 0.223 e. The number of anilines is 1. The van der Waals surface area contributed by atoms with E-state index in [1.807, 2.05) is 19.1 Å². The molecule has 0 unspecified atom stereocenters. The van der Waals surface area contributed by atoms with E-state index in [0.29, 0.717) is 11.6 Å². The quantitative estimate of drug-likeness (QED) is 0.822. The Balaban J connectivity index is 2.47. The van der Waals surface area contributed by atoms with Crippen LogP contribution in [0.1, 0.15) is 5.69 Å². The minimum Gasteiger partial charge on any atom is -0.481 e. The number of rotatable bonds is 2. The highest BCUT2D eigenvalue weighted by molar-refractivity contribution is 5.60. The zero-order chi connectivity index (χ0) is 11.5. The van der Waals surface area contributed by atoms with E-state index in [2.05, 4.69) is 15.0 Å². The normalized spacial score (nSPS) is 10.1. The first-order valence-electron chi connectivity index (χ1n) is 4.80. The van der Waals surface area contributed by atoms with Crippen molar-refractivity contribution in [1.82, 2.24) is 15.0 Å². The first-order valence-corrected chi connectivity index (χ1v) is 4.80. The molecule has 0 aliphatic rings. The van der Waals surface area contributed by atoms with Gasteiger partial charge in [0.05, 0.1) is 12.8 Å². The number of ether oxygens (including phenoxy) is 1. The van der Waals surface area contributed by atoms with Gasteiger partial charge in [0.25, 0.3) is 0 Å². The van der Waals surface area contributed by atoms with Gasteiger partial charge in [-0.05, 0) is 19.1 Å². The largest absolute Gasteiger partial charge is 0.481 e. The maximum absolute atomic E-state index is 5.58. The van der Waals surface area contributed by atoms with Crippen molar-refractivity contribution in [1.29, 1.82) is 0 Å². The summed E-state index contributed by atoms with van der Waals surface area (Å²) in [6.07, 6.45) is 1.75. The number of aryl methyl sites for hydroxylation is 1. The summed E-state index contributed by atoms with van der Waals surface area (Å²) in [5.74, 6) is 0.637. The third-order valence-corrected chi connectivity index (χ3v) is 2.14. The molecule has 16 heavy (non-hydrogen) atoms. The van der Waals surface area contributed by atoms with Crippen molar-refractivity contribution < 1.29 is 4.74 Å². The molecule has 0 amide bonds. The molecule has 0 atom stereocenters. The Kier molecular flexibility index (Phi) is 2.68. The zero-order valence-electron chi connectivity index (χ0n) is 9.14. The molecule has 0 saturated carbocycles. The highest BCUT2D eigenvalue weighted by atomic mass is 16.5. The van der Waals surface area contributed by atoms with Gasteiger partial charge in [0, 0.05) is 23.5 Å². The number of pyridine rings is 1. The fraction of sp³-hybridized carbons (Fsp3) is 0.182. The third-order valence-electron chi connectivity index (χ3n) is 2.14. The van der Waals surface area contributed by atoms with Crippen molar-refractivity contribution in [3.05, 3.63) is 30.1 Å². The van der Waals surface area contributed by atoms with Gasteiger partial charge in [-0.2, -0.15) is 4.98 Å². The van der Waals surface area contributed by atoms with Crippen molar-refractivity contribution in [2.24, 2.45) is 0 Å². The molecule has 2 aromatic rings. The van der Waals surface area contributed by atoms with E-state index in [1.165, 1.54) is 0 Å². The molecule has 2 aromatic heterocycles. The van der Waals surface area contributed by atoms with E-state index in [1.54, 1.807) is 19.4 Å². The minimum atomic E-state index is 0.190. The van der Waals surface area contributed by atoms with Crippen LogP contribution in [0.15, 0.2) is 24.4 Å². The van der Waals surface area contributed by atoms with Crippen LogP contribution in [0.3, 0.4) is 0 Å². The van der Waals surface area contributed by atoms with Gasteiger partial charge < -0.3 is 10.5 Å². The van der Waals surface area contributed by atoms with Gasteiger partial charge in [0.15, 0.2) is 0 Å². The second-order valence-electron chi connectivity index (χ2n) is 3.34. The van der Waals surface area contributed by atoms with E-state index in [9.17, 15) is 0 Å². The van der Waals surface area contributed by atoms with Crippen LogP contribution < -0.4 is 10.5 Å². The minimum absolute atomic E-state index is 0.190. The van der Waals surface area contributed by atoms with Gasteiger partial charge >= 0.3 is 0 Å². The molecule has 0 fully saturated rings. The van der Waals surface area contributed by atoms with E-state index in [0.717, 1.165) is 11.3 Å². The van der Waals surface area contributed by atoms with Crippen LogP contribution in [0.5, 0.6) is 5.88 Å². The van der Waals surface area contributed by atoms with Gasteiger partial charge in [0.2, 0.25) is 11.8 Å². The summed E-state index contributed by atoms with van der Waals surface area (Å²) in [6, 6.07) is 5.58. The van der Waals surface area contributed by atoms with Gasteiger partial charge in [-0.25, -0.2) is 4.98 Å². The lowest BCUT2D eigenvalue weighted by Crippen LogP contribution is -1.99. The second kappa shape index (κ2) is 4.14. The predicted octanol–water partition coefficient (Wildman–Crippen LogP) is 1.44. The molecule has 5 nitrogen and oxygen atoms in total. The lowest BCUT2D eigenvalue weighted by Gasteiger charge is -2.04. The Hall–Kier alpha value is -2.17. The Labute approximate surface area is 93.3 Å². The first-order chi connectivity index (χ1) is 7.69. The maximum atomic E-state index is 5.58. The third kappa shape index (κ3) is 2.08. The first kappa shape index (κ1) is 10.4. The molecule has 0 spiro atoms. The van der Waals surface area contributed by atoms with Gasteiger partial charge in [-0.3, -0.25) is 4.98 Å². The summed E-state index contributed by atoms with van der Waals surface area (Å²) in [6.45, 7) is 1.93. The summed E-state index contributed by atoms with van der Waals surface area (Å²) in [4.78, 5) is 12.2. The van der Waals surface area contributed by atoms with Crippen LogP contribution in [0.25, 0.3) is 11.3 Å². The average Bonchev–Trinajstić information content (AvgIpc) is 2.29. The SMILES string of the molecule is COc1cc(-c2ccc(C)nc2)nc(N)n1. The Morgan fingerprint density at radius 2 is 2.06 bits per heavy atom. The summed E-state index contributed by atoms with van der Waals surface area (Å²) in [5.41, 5.74) is 8.13. The molecule has 0 aliphatic carbocycles. The van der Waals surface area contributed by atoms with Crippen LogP contribution in [0.2, 0.25) is 0 Å². The van der Waals surface area contributed by atoms with Crippen LogP contribution in [-0.4, -0.2) is 22.1 Å². The lowest BCUT2D eigenvalue weighted by atomic mass is 10.2. The highest BCUT2D eigenvalue weighted by Gasteiger charge is 2.05. The zero-order valence-corrected chi connectivity index (χ0v) is 9.14. The molecule has 2 N–H and O–H groups in total. The van der Waals surface area contributed by atoms with Gasteiger partial charge in [-0.1, -0.05) is 0 Å². The summed E-state index contributed by atoms with van der Waals surface area (Å²) in [5, 5.41) is 0. The Morgan fingerprint density at radius 3 is 2.69 bits per heavy atom. The number of nitrogens with two attached hydrogens (primary N) is 1. The number of aromatic nitrogens is 3. The standard InChI is InChI=1S/C11H12N4O/c1-7-3-4-8(6-13-7)9-5-10(16-2)15-11(12)14-9/h3-6H,1-2H3,(H2,12,14,15). The topological polar surface area (TPSA) is 73.9 Å². The Morgan fingerprint density at radius 1 is 1.25 bits per heavy atom. The van der Waals surface area contributed by atoms with Crippen LogP contribution in [0.4, 0.5) is 5.95 Å². The van der Waals surface area contributed by atoms with Crippen molar-refractivity contribution in [2.45, 2.75) is 6.92 Å². The highest BCUT2D eigenvalue weighted by Crippen LogP contribution is 2.20. The number of hydrogen-bond acceptors (Lipinski definition) is 5. The molecule has 0 bridgehead atoms. The van der Waals surface area contributed by atoms with Crippen LogP contribution >= 0.6 is 0 Å². The van der Waals surface area contributed by atoms with E-state index in [4.69, 9.17) is 10.5 Å². The molecule has 0 saturated heterocycles. The molecule has 0 aliphatic heterocycles. The molecule has 2 rings (SSSR count). The van der Waals surface area contributed by atoms with E-state index >= 15 is 0 Å². The molecule has 0 radical (unpaired) electrons. The number of hydrogen-bond donors (Lipinski definition) is 1. The Bertz CT molecular complexity index is 496. The van der Waals surface area contributed by atoms with Crippen LogP contribution in [-0.2, 0) is 0 Å². The van der Waals surface area contributed by atoms with Crippen molar-refractivity contribution in [2.75, 3.05) is 12.8 Å². The van der Waals surface area contributed by atoms with Crippen LogP contribution in [0, 0.1) is 6.92 Å². The molecule has 82 valence electrons. The molecular weight excluding hydrogens is 204 g/mol. The number of nitrogens with zero attached hydrogens (tertiary/aromatic N) is 3. The predicted molar refractivity (Wildman–Crippen MR) is 61.0 cm³/mol. The van der Waals surface area contributed by atoms with Crippen molar-refractivity contribution in [3.8, 4) is 17.1 Å².